The minimum Gasteiger partial charge on any atom is -0.486 e. The molecule has 0 aromatic heterocycles. The summed E-state index contributed by atoms with van der Waals surface area (Å²) in [6.45, 7) is 9.08. The number of hydrogen-bond donors (Lipinski definition) is 1. The number of nitrogens with one attached hydrogen (secondary N) is 1. The Balaban J connectivity index is 2.18. The second-order valence-corrected chi connectivity index (χ2v) is 5.26. The van der Waals surface area contributed by atoms with E-state index in [-0.39, 0.29) is 12.1 Å². The van der Waals surface area contributed by atoms with Gasteiger partial charge in [0.15, 0.2) is 11.5 Å². The summed E-state index contributed by atoms with van der Waals surface area (Å²) in [5.74, 6) is 1.70. The molecular formula is C16H25NO3. The van der Waals surface area contributed by atoms with Crippen molar-refractivity contribution in [2.45, 2.75) is 39.3 Å². The van der Waals surface area contributed by atoms with Crippen LogP contribution in [0.25, 0.3) is 0 Å². The van der Waals surface area contributed by atoms with Gasteiger partial charge in [-0.25, -0.2) is 0 Å². The van der Waals surface area contributed by atoms with E-state index in [4.69, 9.17) is 14.2 Å². The first kappa shape index (κ1) is 15.1. The van der Waals surface area contributed by atoms with Crippen molar-refractivity contribution < 1.29 is 14.2 Å². The first-order valence-electron chi connectivity index (χ1n) is 7.45. The third-order valence-electron chi connectivity index (χ3n) is 3.21. The van der Waals surface area contributed by atoms with Crippen molar-refractivity contribution in [2.24, 2.45) is 0 Å². The van der Waals surface area contributed by atoms with Crippen LogP contribution >= 0.6 is 0 Å². The van der Waals surface area contributed by atoms with Crippen LogP contribution in [0.15, 0.2) is 18.2 Å². The summed E-state index contributed by atoms with van der Waals surface area (Å²) in [5, 5.41) is 3.53. The molecule has 0 saturated carbocycles. The van der Waals surface area contributed by atoms with Crippen molar-refractivity contribution in [2.75, 3.05) is 26.4 Å². The molecule has 0 aliphatic carbocycles. The van der Waals surface area contributed by atoms with Crippen LogP contribution in [0, 0.1) is 0 Å². The van der Waals surface area contributed by atoms with Crippen LogP contribution in [0.2, 0.25) is 0 Å². The molecule has 1 aromatic rings. The highest BCUT2D eigenvalue weighted by Crippen LogP contribution is 2.37. The summed E-state index contributed by atoms with van der Waals surface area (Å²) in [7, 11) is 0. The van der Waals surface area contributed by atoms with Crippen molar-refractivity contribution in [3.8, 4) is 11.5 Å². The van der Waals surface area contributed by atoms with Gasteiger partial charge in [-0.15, -0.1) is 0 Å². The molecule has 112 valence electrons. The molecule has 1 unspecified atom stereocenters. The van der Waals surface area contributed by atoms with E-state index < -0.39 is 0 Å². The highest BCUT2D eigenvalue weighted by atomic mass is 16.6. The van der Waals surface area contributed by atoms with E-state index in [2.05, 4.69) is 32.2 Å². The van der Waals surface area contributed by atoms with Gasteiger partial charge in [-0.2, -0.15) is 0 Å². The lowest BCUT2D eigenvalue weighted by Gasteiger charge is -2.26. The molecule has 4 nitrogen and oxygen atoms in total. The van der Waals surface area contributed by atoms with E-state index in [9.17, 15) is 0 Å². The molecule has 1 heterocycles. The lowest BCUT2D eigenvalue weighted by Crippen LogP contribution is -2.29. The minimum atomic E-state index is 0.133. The molecule has 0 spiro atoms. The average molecular weight is 279 g/mol. The Morgan fingerprint density at radius 3 is 2.80 bits per heavy atom. The van der Waals surface area contributed by atoms with Gasteiger partial charge in [0.25, 0.3) is 0 Å². The summed E-state index contributed by atoms with van der Waals surface area (Å²) in [5.41, 5.74) is 1.12. The van der Waals surface area contributed by atoms with Gasteiger partial charge < -0.3 is 19.5 Å². The van der Waals surface area contributed by atoms with E-state index in [1.807, 2.05) is 12.1 Å². The molecule has 0 bridgehead atoms. The number of rotatable bonds is 7. The average Bonchev–Trinajstić information content (AvgIpc) is 2.47. The first-order chi connectivity index (χ1) is 9.72. The molecule has 1 aliphatic rings. The largest absolute Gasteiger partial charge is 0.486 e. The molecule has 4 heteroatoms. The van der Waals surface area contributed by atoms with Gasteiger partial charge >= 0.3 is 0 Å². The molecule has 2 rings (SSSR count). The SMILES string of the molecule is CCCNC(COC(C)C)c1cccc2c1OCCO2. The Morgan fingerprint density at radius 2 is 2.05 bits per heavy atom. The second-order valence-electron chi connectivity index (χ2n) is 5.26. The molecule has 1 aliphatic heterocycles. The summed E-state index contributed by atoms with van der Waals surface area (Å²) < 4.78 is 17.2. The zero-order valence-corrected chi connectivity index (χ0v) is 12.6. The van der Waals surface area contributed by atoms with E-state index in [1.54, 1.807) is 0 Å². The Hall–Kier alpha value is -1.26. The maximum Gasteiger partial charge on any atom is 0.166 e. The standard InChI is InChI=1S/C16H25NO3/c1-4-8-17-14(11-20-12(2)3)13-6-5-7-15-16(13)19-10-9-18-15/h5-7,12,14,17H,4,8-11H2,1-3H3. The van der Waals surface area contributed by atoms with Gasteiger partial charge in [-0.05, 0) is 32.9 Å². The van der Waals surface area contributed by atoms with Gasteiger partial charge in [-0.1, -0.05) is 19.1 Å². The van der Waals surface area contributed by atoms with Crippen LogP contribution in [-0.4, -0.2) is 32.5 Å². The van der Waals surface area contributed by atoms with E-state index in [0.717, 1.165) is 30.0 Å². The molecule has 1 N–H and O–H groups in total. The topological polar surface area (TPSA) is 39.7 Å². The van der Waals surface area contributed by atoms with Gasteiger partial charge in [0.1, 0.15) is 13.2 Å². The van der Waals surface area contributed by atoms with Gasteiger partial charge in [0, 0.05) is 5.56 Å². The Labute approximate surface area is 121 Å². The van der Waals surface area contributed by atoms with Gasteiger partial charge in [0.05, 0.1) is 18.8 Å². The molecule has 0 radical (unpaired) electrons. The third-order valence-corrected chi connectivity index (χ3v) is 3.21. The number of benzene rings is 1. The highest BCUT2D eigenvalue weighted by Gasteiger charge is 2.22. The zero-order chi connectivity index (χ0) is 14.4. The lowest BCUT2D eigenvalue weighted by atomic mass is 10.0. The summed E-state index contributed by atoms with van der Waals surface area (Å²) in [6.07, 6.45) is 1.31. The second kappa shape index (κ2) is 7.50. The van der Waals surface area contributed by atoms with Crippen LogP contribution in [0.3, 0.4) is 0 Å². The maximum absolute atomic E-state index is 5.80. The van der Waals surface area contributed by atoms with Crippen molar-refractivity contribution >= 4 is 0 Å². The quantitative estimate of drug-likeness (QED) is 0.833. The van der Waals surface area contributed by atoms with Crippen LogP contribution in [0.4, 0.5) is 0 Å². The zero-order valence-electron chi connectivity index (χ0n) is 12.6. The molecule has 0 saturated heterocycles. The van der Waals surface area contributed by atoms with Gasteiger partial charge in [0.2, 0.25) is 0 Å². The molecule has 20 heavy (non-hydrogen) atoms. The lowest BCUT2D eigenvalue weighted by molar-refractivity contribution is 0.0598. The van der Waals surface area contributed by atoms with Crippen LogP contribution in [-0.2, 0) is 4.74 Å². The predicted octanol–water partition coefficient (Wildman–Crippen LogP) is 2.92. The summed E-state index contributed by atoms with van der Waals surface area (Å²) in [6, 6.07) is 6.19. The fourth-order valence-corrected chi connectivity index (χ4v) is 2.24. The van der Waals surface area contributed by atoms with Crippen LogP contribution in [0.5, 0.6) is 11.5 Å². The fourth-order valence-electron chi connectivity index (χ4n) is 2.24. The van der Waals surface area contributed by atoms with Gasteiger partial charge in [-0.3, -0.25) is 0 Å². The highest BCUT2D eigenvalue weighted by molar-refractivity contribution is 5.49. The van der Waals surface area contributed by atoms with Crippen molar-refractivity contribution in [1.29, 1.82) is 0 Å². The van der Waals surface area contributed by atoms with Crippen LogP contribution in [0.1, 0.15) is 38.8 Å². The van der Waals surface area contributed by atoms with Crippen molar-refractivity contribution in [3.63, 3.8) is 0 Å². The van der Waals surface area contributed by atoms with Crippen molar-refractivity contribution in [1.82, 2.24) is 5.32 Å². The fraction of sp³-hybridized carbons (Fsp3) is 0.625. The number of para-hydroxylation sites is 1. The summed E-state index contributed by atoms with van der Waals surface area (Å²) >= 11 is 0. The monoisotopic (exact) mass is 279 g/mol. The van der Waals surface area contributed by atoms with Crippen molar-refractivity contribution in [3.05, 3.63) is 23.8 Å². The van der Waals surface area contributed by atoms with E-state index in [0.29, 0.717) is 19.8 Å². The first-order valence-corrected chi connectivity index (χ1v) is 7.45. The maximum atomic E-state index is 5.80. The molecule has 0 amide bonds. The Morgan fingerprint density at radius 1 is 1.25 bits per heavy atom. The molecule has 1 aromatic carbocycles. The summed E-state index contributed by atoms with van der Waals surface area (Å²) in [4.78, 5) is 0. The minimum absolute atomic E-state index is 0.133. The number of fused-ring (bicyclic) bond motifs is 1. The Bertz CT molecular complexity index is 420. The van der Waals surface area contributed by atoms with E-state index in [1.165, 1.54) is 0 Å². The number of ether oxygens (including phenoxy) is 3. The Kier molecular flexibility index (Phi) is 5.68. The number of hydrogen-bond acceptors (Lipinski definition) is 4. The van der Waals surface area contributed by atoms with E-state index >= 15 is 0 Å². The molecular weight excluding hydrogens is 254 g/mol. The normalized spacial score (nSPS) is 15.4. The van der Waals surface area contributed by atoms with Crippen LogP contribution < -0.4 is 14.8 Å². The molecule has 1 atom stereocenters. The predicted molar refractivity (Wildman–Crippen MR) is 79.6 cm³/mol. The molecule has 0 fully saturated rings. The smallest absolute Gasteiger partial charge is 0.166 e. The third kappa shape index (κ3) is 3.87.